The summed E-state index contributed by atoms with van der Waals surface area (Å²) in [4.78, 5) is 11.5. The zero-order valence-electron chi connectivity index (χ0n) is 9.80. The van der Waals surface area contributed by atoms with E-state index in [1.54, 1.807) is 6.20 Å². The van der Waals surface area contributed by atoms with Crippen LogP contribution in [0.3, 0.4) is 0 Å². The van der Waals surface area contributed by atoms with Gasteiger partial charge in [-0.05, 0) is 37.8 Å². The topological polar surface area (TPSA) is 41.1 Å². The Morgan fingerprint density at radius 2 is 1.94 bits per heavy atom. The van der Waals surface area contributed by atoms with E-state index in [4.69, 9.17) is 0 Å². The van der Waals surface area contributed by atoms with Crippen LogP contribution in [0.5, 0.6) is 0 Å². The molecule has 1 saturated carbocycles. The number of rotatable bonds is 2. The highest BCUT2D eigenvalue weighted by molar-refractivity contribution is 5.90. The maximum atomic E-state index is 13.3. The van der Waals surface area contributed by atoms with Gasteiger partial charge >= 0.3 is 6.03 Å². The summed E-state index contributed by atoms with van der Waals surface area (Å²) in [6, 6.07) is 2.48. The fourth-order valence-corrected chi connectivity index (χ4v) is 1.89. The van der Waals surface area contributed by atoms with E-state index in [1.165, 1.54) is 11.6 Å². The molecule has 1 aliphatic carbocycles. The molecular weight excluding hydrogens is 238 g/mol. The number of hydrogen-bond donors (Lipinski definition) is 2. The number of benzene rings is 1. The number of nitrogens with one attached hydrogen (secondary N) is 2. The maximum absolute atomic E-state index is 13.3. The van der Waals surface area contributed by atoms with Crippen molar-refractivity contribution in [3.63, 3.8) is 0 Å². The second kappa shape index (κ2) is 5.62. The number of halogens is 2. The minimum Gasteiger partial charge on any atom is -0.314 e. The summed E-state index contributed by atoms with van der Waals surface area (Å²) >= 11 is 0. The molecule has 1 aromatic rings. The number of carbonyl (C=O) groups excluding carboxylic acids is 1. The van der Waals surface area contributed by atoms with Gasteiger partial charge in [0.1, 0.15) is 11.6 Å². The van der Waals surface area contributed by atoms with Crippen LogP contribution in [0.2, 0.25) is 0 Å². The van der Waals surface area contributed by atoms with Crippen molar-refractivity contribution in [3.05, 3.63) is 41.6 Å². The summed E-state index contributed by atoms with van der Waals surface area (Å²) in [6.07, 6.45) is 5.92. The van der Waals surface area contributed by atoms with E-state index in [9.17, 15) is 13.6 Å². The van der Waals surface area contributed by atoms with Crippen LogP contribution < -0.4 is 10.6 Å². The Morgan fingerprint density at radius 1 is 1.22 bits per heavy atom. The van der Waals surface area contributed by atoms with Gasteiger partial charge in [-0.15, -0.1) is 0 Å². The van der Waals surface area contributed by atoms with Crippen molar-refractivity contribution in [2.75, 3.05) is 5.32 Å². The summed E-state index contributed by atoms with van der Waals surface area (Å²) in [7, 11) is 0. The van der Waals surface area contributed by atoms with Crippen LogP contribution in [-0.2, 0) is 0 Å². The Kier molecular flexibility index (Phi) is 3.92. The third-order valence-electron chi connectivity index (χ3n) is 2.83. The van der Waals surface area contributed by atoms with Crippen molar-refractivity contribution >= 4 is 11.7 Å². The fraction of sp³-hybridized carbons (Fsp3) is 0.308. The van der Waals surface area contributed by atoms with Crippen molar-refractivity contribution in [2.45, 2.75) is 25.7 Å². The molecule has 2 N–H and O–H groups in total. The molecule has 0 bridgehead atoms. The van der Waals surface area contributed by atoms with Crippen molar-refractivity contribution in [1.82, 2.24) is 5.32 Å². The predicted octanol–water partition coefficient (Wildman–Crippen LogP) is 3.54. The van der Waals surface area contributed by atoms with Crippen molar-refractivity contribution in [1.29, 1.82) is 0 Å². The third-order valence-corrected chi connectivity index (χ3v) is 2.83. The Labute approximate surface area is 104 Å². The average Bonchev–Trinajstić information content (AvgIpc) is 2.83. The lowest BCUT2D eigenvalue weighted by Gasteiger charge is -2.06. The molecule has 2 rings (SSSR count). The molecule has 0 aliphatic heterocycles. The van der Waals surface area contributed by atoms with Crippen LogP contribution in [0, 0.1) is 11.6 Å². The van der Waals surface area contributed by atoms with E-state index in [2.05, 4.69) is 10.6 Å². The quantitative estimate of drug-likeness (QED) is 0.830. The van der Waals surface area contributed by atoms with E-state index >= 15 is 0 Å². The summed E-state index contributed by atoms with van der Waals surface area (Å²) in [5.74, 6) is -1.47. The molecule has 0 saturated heterocycles. The Balaban J connectivity index is 1.92. The fourth-order valence-electron chi connectivity index (χ4n) is 1.89. The molecule has 96 valence electrons. The highest BCUT2D eigenvalue weighted by Gasteiger charge is 2.09. The van der Waals surface area contributed by atoms with E-state index in [-0.39, 0.29) is 5.69 Å². The molecule has 1 fully saturated rings. The van der Waals surface area contributed by atoms with Gasteiger partial charge in [0.15, 0.2) is 0 Å². The zero-order valence-corrected chi connectivity index (χ0v) is 9.80. The van der Waals surface area contributed by atoms with Crippen LogP contribution in [0.1, 0.15) is 25.7 Å². The molecule has 1 aliphatic rings. The lowest BCUT2D eigenvalue weighted by Crippen LogP contribution is -2.24. The zero-order chi connectivity index (χ0) is 13.0. The molecule has 5 heteroatoms. The molecular formula is C13H14F2N2O. The third kappa shape index (κ3) is 3.29. The smallest absolute Gasteiger partial charge is 0.314 e. The van der Waals surface area contributed by atoms with Gasteiger partial charge < -0.3 is 10.6 Å². The normalized spacial score (nSPS) is 14.4. The summed E-state index contributed by atoms with van der Waals surface area (Å²) in [5, 5.41) is 4.87. The standard InChI is InChI=1S/C13H14F2N2O/c14-10-5-6-12(11(15)7-10)17-13(18)16-8-9-3-1-2-4-9/h5-8H,1-4H2,(H2,16,17,18). The number of anilines is 1. The van der Waals surface area contributed by atoms with Gasteiger partial charge in [0.05, 0.1) is 5.69 Å². The lowest BCUT2D eigenvalue weighted by molar-refractivity contribution is 0.255. The summed E-state index contributed by atoms with van der Waals surface area (Å²) in [6.45, 7) is 0. The first-order chi connectivity index (χ1) is 8.65. The van der Waals surface area contributed by atoms with Crippen molar-refractivity contribution in [2.24, 2.45) is 0 Å². The van der Waals surface area contributed by atoms with Crippen LogP contribution >= 0.6 is 0 Å². The Hall–Kier alpha value is -1.91. The first-order valence-corrected chi connectivity index (χ1v) is 5.85. The SMILES string of the molecule is O=C(NC=C1CCCC1)Nc1ccc(F)cc1F. The van der Waals surface area contributed by atoms with Gasteiger partial charge in [-0.1, -0.05) is 5.57 Å². The monoisotopic (exact) mass is 252 g/mol. The second-order valence-electron chi connectivity index (χ2n) is 4.23. The average molecular weight is 252 g/mol. The van der Waals surface area contributed by atoms with Crippen molar-refractivity contribution < 1.29 is 13.6 Å². The van der Waals surface area contributed by atoms with E-state index in [0.29, 0.717) is 0 Å². The molecule has 0 aromatic heterocycles. The van der Waals surface area contributed by atoms with Crippen LogP contribution in [0.4, 0.5) is 19.3 Å². The number of urea groups is 1. The van der Waals surface area contributed by atoms with Gasteiger partial charge in [-0.25, -0.2) is 13.6 Å². The van der Waals surface area contributed by atoms with Gasteiger partial charge in [-0.3, -0.25) is 0 Å². The first-order valence-electron chi connectivity index (χ1n) is 5.85. The molecule has 3 nitrogen and oxygen atoms in total. The number of amides is 2. The molecule has 0 radical (unpaired) electrons. The van der Waals surface area contributed by atoms with Crippen LogP contribution in [-0.4, -0.2) is 6.03 Å². The van der Waals surface area contributed by atoms with Gasteiger partial charge in [0.2, 0.25) is 0 Å². The van der Waals surface area contributed by atoms with Gasteiger partial charge in [0, 0.05) is 12.3 Å². The maximum Gasteiger partial charge on any atom is 0.323 e. The number of hydrogen-bond acceptors (Lipinski definition) is 1. The highest BCUT2D eigenvalue weighted by atomic mass is 19.1. The van der Waals surface area contributed by atoms with E-state index in [1.807, 2.05) is 0 Å². The molecule has 1 aromatic carbocycles. The lowest BCUT2D eigenvalue weighted by atomic mass is 10.2. The molecule has 18 heavy (non-hydrogen) atoms. The van der Waals surface area contributed by atoms with Crippen LogP contribution in [0.25, 0.3) is 0 Å². The van der Waals surface area contributed by atoms with Crippen LogP contribution in [0.15, 0.2) is 30.0 Å². The molecule has 0 spiro atoms. The molecule has 2 amide bonds. The summed E-state index contributed by atoms with van der Waals surface area (Å²) < 4.78 is 25.9. The predicted molar refractivity (Wildman–Crippen MR) is 65.1 cm³/mol. The largest absolute Gasteiger partial charge is 0.323 e. The summed E-state index contributed by atoms with van der Waals surface area (Å²) in [5.41, 5.74) is 1.14. The molecule has 0 unspecified atom stereocenters. The number of allylic oxidation sites excluding steroid dienone is 1. The number of carbonyl (C=O) groups is 1. The molecule has 0 heterocycles. The minimum atomic E-state index is -0.793. The van der Waals surface area contributed by atoms with E-state index < -0.39 is 17.7 Å². The first kappa shape index (κ1) is 12.5. The Bertz CT molecular complexity index is 478. The van der Waals surface area contributed by atoms with Gasteiger partial charge in [0.25, 0.3) is 0 Å². The highest BCUT2D eigenvalue weighted by Crippen LogP contribution is 2.22. The van der Waals surface area contributed by atoms with Gasteiger partial charge in [-0.2, -0.15) is 0 Å². The Morgan fingerprint density at radius 3 is 2.61 bits per heavy atom. The minimum absolute atomic E-state index is 0.0429. The second-order valence-corrected chi connectivity index (χ2v) is 4.23. The van der Waals surface area contributed by atoms with Crippen molar-refractivity contribution in [3.8, 4) is 0 Å². The van der Waals surface area contributed by atoms with E-state index in [0.717, 1.165) is 37.8 Å². The molecule has 0 atom stereocenters.